The Balaban J connectivity index is 3.06. The van der Waals surface area contributed by atoms with Crippen LogP contribution in [-0.2, 0) is 10.1 Å². The van der Waals surface area contributed by atoms with E-state index in [-0.39, 0.29) is 11.0 Å². The molecule has 0 fully saturated rings. The van der Waals surface area contributed by atoms with Gasteiger partial charge in [0, 0.05) is 6.07 Å². The number of halogens is 1. The van der Waals surface area contributed by atoms with Gasteiger partial charge in [-0.25, -0.2) is 0 Å². The molecular formula is C7H7ClO4S. The molecule has 0 heterocycles. The standard InChI is InChI=1S/C7H7ClO4S/c8-5-12-6-2-1-3-7(4-6)13(9,10)11/h1-4H,5H2,(H,9,10,11). The summed E-state index contributed by atoms with van der Waals surface area (Å²) in [6.45, 7) is 0. The van der Waals surface area contributed by atoms with E-state index in [4.69, 9.17) is 20.9 Å². The van der Waals surface area contributed by atoms with Crippen LogP contribution in [0.3, 0.4) is 0 Å². The van der Waals surface area contributed by atoms with Crippen molar-refractivity contribution in [2.24, 2.45) is 0 Å². The predicted molar refractivity (Wildman–Crippen MR) is 47.6 cm³/mol. The zero-order chi connectivity index (χ0) is 9.90. The molecule has 0 saturated heterocycles. The summed E-state index contributed by atoms with van der Waals surface area (Å²) in [5, 5.41) is 0. The van der Waals surface area contributed by atoms with E-state index < -0.39 is 10.1 Å². The Hall–Kier alpha value is -0.780. The summed E-state index contributed by atoms with van der Waals surface area (Å²) in [5.41, 5.74) is 0. The Bertz CT molecular complexity index is 387. The third-order valence-corrected chi connectivity index (χ3v) is 2.28. The molecule has 1 rings (SSSR count). The van der Waals surface area contributed by atoms with E-state index in [1.807, 2.05) is 0 Å². The number of ether oxygens (including phenoxy) is 1. The van der Waals surface area contributed by atoms with Gasteiger partial charge >= 0.3 is 0 Å². The molecule has 13 heavy (non-hydrogen) atoms. The molecule has 1 N–H and O–H groups in total. The van der Waals surface area contributed by atoms with Crippen molar-refractivity contribution in [1.82, 2.24) is 0 Å². The fourth-order valence-electron chi connectivity index (χ4n) is 0.787. The number of rotatable bonds is 3. The predicted octanol–water partition coefficient (Wildman–Crippen LogP) is 1.51. The summed E-state index contributed by atoms with van der Waals surface area (Å²) >= 11 is 5.27. The first-order chi connectivity index (χ1) is 6.04. The van der Waals surface area contributed by atoms with Crippen LogP contribution in [-0.4, -0.2) is 19.0 Å². The van der Waals surface area contributed by atoms with E-state index >= 15 is 0 Å². The second-order valence-electron chi connectivity index (χ2n) is 2.20. The van der Waals surface area contributed by atoms with Gasteiger partial charge in [-0.2, -0.15) is 8.42 Å². The monoisotopic (exact) mass is 222 g/mol. The van der Waals surface area contributed by atoms with E-state index in [0.717, 1.165) is 0 Å². The highest BCUT2D eigenvalue weighted by molar-refractivity contribution is 7.85. The molecule has 1 aromatic carbocycles. The lowest BCUT2D eigenvalue weighted by Crippen LogP contribution is -1.98. The minimum absolute atomic E-state index is 0.0745. The zero-order valence-corrected chi connectivity index (χ0v) is 8.05. The van der Waals surface area contributed by atoms with E-state index in [9.17, 15) is 8.42 Å². The third-order valence-electron chi connectivity index (χ3n) is 1.32. The molecule has 0 radical (unpaired) electrons. The van der Waals surface area contributed by atoms with Crippen molar-refractivity contribution in [3.05, 3.63) is 24.3 Å². The van der Waals surface area contributed by atoms with Crippen molar-refractivity contribution in [2.75, 3.05) is 6.07 Å². The first-order valence-electron chi connectivity index (χ1n) is 3.30. The molecule has 0 atom stereocenters. The second kappa shape index (κ2) is 3.95. The van der Waals surface area contributed by atoms with Crippen molar-refractivity contribution in [1.29, 1.82) is 0 Å². The van der Waals surface area contributed by atoms with Gasteiger partial charge in [-0.15, -0.1) is 0 Å². The Morgan fingerprint density at radius 1 is 1.46 bits per heavy atom. The molecule has 0 aliphatic rings. The van der Waals surface area contributed by atoms with Gasteiger partial charge in [0.1, 0.15) is 5.75 Å². The summed E-state index contributed by atoms with van der Waals surface area (Å²) in [7, 11) is -4.17. The minimum atomic E-state index is -4.17. The zero-order valence-electron chi connectivity index (χ0n) is 6.47. The Morgan fingerprint density at radius 2 is 2.15 bits per heavy atom. The van der Waals surface area contributed by atoms with Crippen molar-refractivity contribution in [2.45, 2.75) is 4.90 Å². The van der Waals surface area contributed by atoms with Crippen LogP contribution in [0.15, 0.2) is 29.2 Å². The molecule has 0 saturated carbocycles. The second-order valence-corrected chi connectivity index (χ2v) is 3.84. The van der Waals surface area contributed by atoms with Crippen LogP contribution >= 0.6 is 11.6 Å². The first-order valence-corrected chi connectivity index (χ1v) is 5.28. The average Bonchev–Trinajstić information content (AvgIpc) is 2.04. The third kappa shape index (κ3) is 2.87. The van der Waals surface area contributed by atoms with Crippen LogP contribution in [0, 0.1) is 0 Å². The molecule has 0 bridgehead atoms. The fourth-order valence-corrected chi connectivity index (χ4v) is 1.43. The SMILES string of the molecule is O=S(=O)(O)c1cccc(OCCl)c1. The number of benzene rings is 1. The summed E-state index contributed by atoms with van der Waals surface area (Å²) in [6.07, 6.45) is 0. The van der Waals surface area contributed by atoms with E-state index in [0.29, 0.717) is 5.75 Å². The lowest BCUT2D eigenvalue weighted by Gasteiger charge is -2.02. The number of hydrogen-bond acceptors (Lipinski definition) is 3. The fraction of sp³-hybridized carbons (Fsp3) is 0.143. The highest BCUT2D eigenvalue weighted by Crippen LogP contribution is 2.17. The van der Waals surface area contributed by atoms with Gasteiger partial charge in [-0.05, 0) is 12.1 Å². The van der Waals surface area contributed by atoms with Gasteiger partial charge in [-0.1, -0.05) is 17.7 Å². The lowest BCUT2D eigenvalue weighted by atomic mass is 10.3. The van der Waals surface area contributed by atoms with Gasteiger partial charge in [0.05, 0.1) is 4.90 Å². The normalized spacial score (nSPS) is 11.2. The van der Waals surface area contributed by atoms with Crippen LogP contribution in [0.2, 0.25) is 0 Å². The molecule has 0 aliphatic heterocycles. The van der Waals surface area contributed by atoms with Gasteiger partial charge in [-0.3, -0.25) is 4.55 Å². The van der Waals surface area contributed by atoms with Crippen molar-refractivity contribution >= 4 is 21.7 Å². The van der Waals surface area contributed by atoms with E-state index in [1.165, 1.54) is 24.3 Å². The van der Waals surface area contributed by atoms with Gasteiger partial charge in [0.2, 0.25) is 0 Å². The molecule has 0 spiro atoms. The molecule has 0 aromatic heterocycles. The molecular weight excluding hydrogens is 216 g/mol. The van der Waals surface area contributed by atoms with Gasteiger partial charge in [0.15, 0.2) is 6.07 Å². The Morgan fingerprint density at radius 3 is 2.69 bits per heavy atom. The lowest BCUT2D eigenvalue weighted by molar-refractivity contribution is 0.386. The minimum Gasteiger partial charge on any atom is -0.478 e. The van der Waals surface area contributed by atoms with Crippen LogP contribution in [0.25, 0.3) is 0 Å². The molecule has 0 aliphatic carbocycles. The highest BCUT2D eigenvalue weighted by Gasteiger charge is 2.09. The van der Waals surface area contributed by atoms with E-state index in [1.54, 1.807) is 0 Å². The van der Waals surface area contributed by atoms with Crippen LogP contribution < -0.4 is 4.74 Å². The summed E-state index contributed by atoms with van der Waals surface area (Å²) in [4.78, 5) is -0.213. The van der Waals surface area contributed by atoms with Crippen molar-refractivity contribution in [3.8, 4) is 5.75 Å². The first kappa shape index (κ1) is 10.3. The molecule has 72 valence electrons. The highest BCUT2D eigenvalue weighted by atomic mass is 35.5. The average molecular weight is 223 g/mol. The van der Waals surface area contributed by atoms with Crippen molar-refractivity contribution < 1.29 is 17.7 Å². The van der Waals surface area contributed by atoms with Crippen molar-refractivity contribution in [3.63, 3.8) is 0 Å². The van der Waals surface area contributed by atoms with Gasteiger partial charge in [0.25, 0.3) is 10.1 Å². The number of hydrogen-bond donors (Lipinski definition) is 1. The summed E-state index contributed by atoms with van der Waals surface area (Å²) in [6, 6.07) is 5.37. The molecule has 0 unspecified atom stereocenters. The Kier molecular flexibility index (Phi) is 3.13. The summed E-state index contributed by atoms with van der Waals surface area (Å²) < 4.78 is 34.8. The van der Waals surface area contributed by atoms with Crippen LogP contribution in [0.4, 0.5) is 0 Å². The molecule has 4 nitrogen and oxygen atoms in total. The molecule has 1 aromatic rings. The quantitative estimate of drug-likeness (QED) is 0.622. The molecule has 6 heteroatoms. The largest absolute Gasteiger partial charge is 0.478 e. The molecule has 0 amide bonds. The van der Waals surface area contributed by atoms with Crippen LogP contribution in [0.5, 0.6) is 5.75 Å². The summed E-state index contributed by atoms with van der Waals surface area (Å²) in [5.74, 6) is 0.296. The van der Waals surface area contributed by atoms with Crippen LogP contribution in [0.1, 0.15) is 0 Å². The van der Waals surface area contributed by atoms with E-state index in [2.05, 4.69) is 0 Å². The smallest absolute Gasteiger partial charge is 0.294 e. The maximum Gasteiger partial charge on any atom is 0.294 e. The maximum absolute atomic E-state index is 10.7. The topological polar surface area (TPSA) is 63.6 Å². The van der Waals surface area contributed by atoms with Gasteiger partial charge < -0.3 is 4.74 Å². The number of alkyl halides is 1. The maximum atomic E-state index is 10.7. The Labute approximate surface area is 80.8 Å².